The molecule has 31 heavy (non-hydrogen) atoms. The molecular weight excluding hydrogens is 406 g/mol. The molecule has 2 aromatic carbocycles. The van der Waals surface area contributed by atoms with Crippen LogP contribution in [0.1, 0.15) is 41.4 Å². The summed E-state index contributed by atoms with van der Waals surface area (Å²) in [7, 11) is 1.72. The summed E-state index contributed by atoms with van der Waals surface area (Å²) >= 11 is 1.58. The number of nitrogens with one attached hydrogen (secondary N) is 1. The molecule has 0 spiro atoms. The molecular formula is C25H31N3O2S. The van der Waals surface area contributed by atoms with Crippen LogP contribution < -0.4 is 14.8 Å². The van der Waals surface area contributed by atoms with E-state index in [1.54, 1.807) is 18.4 Å². The maximum absolute atomic E-state index is 6.06. The van der Waals surface area contributed by atoms with Gasteiger partial charge in [0.1, 0.15) is 21.5 Å². The van der Waals surface area contributed by atoms with Crippen LogP contribution in [0.2, 0.25) is 0 Å². The predicted octanol–water partition coefficient (Wildman–Crippen LogP) is 5.41. The predicted molar refractivity (Wildman–Crippen MR) is 129 cm³/mol. The summed E-state index contributed by atoms with van der Waals surface area (Å²) < 4.78 is 11.5. The third-order valence-corrected chi connectivity index (χ3v) is 5.68. The van der Waals surface area contributed by atoms with Gasteiger partial charge in [-0.05, 0) is 70.0 Å². The molecule has 3 aromatic rings. The molecule has 0 aliphatic heterocycles. The second-order valence-corrected chi connectivity index (χ2v) is 9.24. The molecule has 5 nitrogen and oxygen atoms in total. The molecule has 1 N–H and O–H groups in total. The Morgan fingerprint density at radius 2 is 1.74 bits per heavy atom. The standard InChI is InChI=1S/C25H31N3O2S/c1-19-27-28-24(31-19)15-14-20-10-5-8-13-23(20)30-17-9-16-26-25(2,3)18-21-11-6-7-12-22(21)29-4/h5-8,10-15,26H,9,16-18H2,1-4H3. The third kappa shape index (κ3) is 7.19. The Labute approximate surface area is 189 Å². The average Bonchev–Trinajstić information content (AvgIpc) is 3.18. The molecule has 1 aromatic heterocycles. The lowest BCUT2D eigenvalue weighted by Crippen LogP contribution is -2.42. The molecule has 0 aliphatic rings. The lowest BCUT2D eigenvalue weighted by molar-refractivity contribution is 0.292. The normalized spacial score (nSPS) is 11.7. The van der Waals surface area contributed by atoms with Crippen molar-refractivity contribution in [2.75, 3.05) is 20.3 Å². The molecule has 0 bridgehead atoms. The lowest BCUT2D eigenvalue weighted by Gasteiger charge is -2.27. The SMILES string of the molecule is COc1ccccc1CC(C)(C)NCCCOc1ccccc1C=Cc1nnc(C)s1. The Balaban J connectivity index is 1.47. The van der Waals surface area contributed by atoms with Gasteiger partial charge >= 0.3 is 0 Å². The Hall–Kier alpha value is -2.70. The maximum Gasteiger partial charge on any atom is 0.140 e. The quantitative estimate of drug-likeness (QED) is 0.407. The molecule has 1 heterocycles. The van der Waals surface area contributed by atoms with Gasteiger partial charge in [0.05, 0.1) is 13.7 Å². The number of aromatic nitrogens is 2. The number of hydrogen-bond donors (Lipinski definition) is 1. The second-order valence-electron chi connectivity index (χ2n) is 8.03. The molecule has 0 aliphatic carbocycles. The van der Waals surface area contributed by atoms with Crippen LogP contribution in [0.25, 0.3) is 12.2 Å². The van der Waals surface area contributed by atoms with Gasteiger partial charge in [0, 0.05) is 11.1 Å². The van der Waals surface area contributed by atoms with E-state index >= 15 is 0 Å². The molecule has 0 radical (unpaired) electrons. The highest BCUT2D eigenvalue weighted by Gasteiger charge is 2.19. The van der Waals surface area contributed by atoms with Crippen molar-refractivity contribution in [3.8, 4) is 11.5 Å². The van der Waals surface area contributed by atoms with Crippen molar-refractivity contribution in [2.45, 2.75) is 39.2 Å². The lowest BCUT2D eigenvalue weighted by atomic mass is 9.94. The minimum Gasteiger partial charge on any atom is -0.496 e. The van der Waals surface area contributed by atoms with Crippen molar-refractivity contribution in [1.82, 2.24) is 15.5 Å². The number of benzene rings is 2. The molecule has 0 saturated heterocycles. The summed E-state index contributed by atoms with van der Waals surface area (Å²) in [6.45, 7) is 7.92. The van der Waals surface area contributed by atoms with E-state index in [2.05, 4.69) is 41.5 Å². The van der Waals surface area contributed by atoms with Gasteiger partial charge in [0.2, 0.25) is 0 Å². The third-order valence-electron chi connectivity index (χ3n) is 4.87. The van der Waals surface area contributed by atoms with Crippen molar-refractivity contribution in [3.05, 3.63) is 69.7 Å². The summed E-state index contributed by atoms with van der Waals surface area (Å²) in [6.07, 6.45) is 5.83. The van der Waals surface area contributed by atoms with Gasteiger partial charge in [0.15, 0.2) is 0 Å². The van der Waals surface area contributed by atoms with Crippen molar-refractivity contribution in [1.29, 1.82) is 0 Å². The van der Waals surface area contributed by atoms with Crippen molar-refractivity contribution in [2.24, 2.45) is 0 Å². The number of hydrogen-bond acceptors (Lipinski definition) is 6. The van der Waals surface area contributed by atoms with E-state index in [0.717, 1.165) is 46.5 Å². The van der Waals surface area contributed by atoms with Crippen LogP contribution in [-0.4, -0.2) is 36.0 Å². The first kappa shape index (κ1) is 23.0. The smallest absolute Gasteiger partial charge is 0.140 e. The number of nitrogens with zero attached hydrogens (tertiary/aromatic N) is 2. The fraction of sp³-hybridized carbons (Fsp3) is 0.360. The van der Waals surface area contributed by atoms with Gasteiger partial charge in [-0.1, -0.05) is 47.7 Å². The van der Waals surface area contributed by atoms with Crippen LogP contribution in [0.4, 0.5) is 0 Å². The van der Waals surface area contributed by atoms with Crippen molar-refractivity contribution in [3.63, 3.8) is 0 Å². The highest BCUT2D eigenvalue weighted by molar-refractivity contribution is 7.12. The first-order valence-electron chi connectivity index (χ1n) is 10.5. The fourth-order valence-electron chi connectivity index (χ4n) is 3.36. The van der Waals surface area contributed by atoms with Gasteiger partial charge in [-0.2, -0.15) is 0 Å². The molecule has 6 heteroatoms. The largest absolute Gasteiger partial charge is 0.496 e. The topological polar surface area (TPSA) is 56.3 Å². The van der Waals surface area contributed by atoms with E-state index < -0.39 is 0 Å². The molecule has 0 fully saturated rings. The zero-order valence-corrected chi connectivity index (χ0v) is 19.5. The van der Waals surface area contributed by atoms with E-state index in [-0.39, 0.29) is 5.54 Å². The van der Waals surface area contributed by atoms with Gasteiger partial charge < -0.3 is 14.8 Å². The summed E-state index contributed by atoms with van der Waals surface area (Å²) in [4.78, 5) is 0. The van der Waals surface area contributed by atoms with Crippen molar-refractivity contribution >= 4 is 23.5 Å². The van der Waals surface area contributed by atoms with Gasteiger partial charge in [-0.3, -0.25) is 0 Å². The number of ether oxygens (including phenoxy) is 2. The van der Waals surface area contributed by atoms with E-state index in [1.807, 2.05) is 55.5 Å². The molecule has 164 valence electrons. The van der Waals surface area contributed by atoms with Crippen LogP contribution in [0.5, 0.6) is 11.5 Å². The Morgan fingerprint density at radius 3 is 2.48 bits per heavy atom. The van der Waals surface area contributed by atoms with E-state index in [4.69, 9.17) is 9.47 Å². The van der Waals surface area contributed by atoms with Gasteiger partial charge in [0.25, 0.3) is 0 Å². The zero-order chi connectivity index (χ0) is 22.1. The summed E-state index contributed by atoms with van der Waals surface area (Å²) in [6, 6.07) is 16.3. The monoisotopic (exact) mass is 437 g/mol. The first-order valence-corrected chi connectivity index (χ1v) is 11.4. The molecule has 0 unspecified atom stereocenters. The Kier molecular flexibility index (Phi) is 8.20. The minimum absolute atomic E-state index is 0.0326. The maximum atomic E-state index is 6.06. The summed E-state index contributed by atoms with van der Waals surface area (Å²) in [5.74, 6) is 1.82. The van der Waals surface area contributed by atoms with E-state index in [1.165, 1.54) is 5.56 Å². The molecule has 3 rings (SSSR count). The van der Waals surface area contributed by atoms with Crippen LogP contribution in [0.15, 0.2) is 48.5 Å². The number of aryl methyl sites for hydroxylation is 1. The molecule has 0 amide bonds. The second kappa shape index (κ2) is 11.1. The number of para-hydroxylation sites is 2. The summed E-state index contributed by atoms with van der Waals surface area (Å²) in [5, 5.41) is 13.7. The number of rotatable bonds is 11. The Morgan fingerprint density at radius 1 is 1.00 bits per heavy atom. The Bertz CT molecular complexity index is 998. The first-order chi connectivity index (χ1) is 15.0. The van der Waals surface area contributed by atoms with Crippen LogP contribution >= 0.6 is 11.3 Å². The fourth-order valence-corrected chi connectivity index (χ4v) is 3.96. The van der Waals surface area contributed by atoms with Crippen LogP contribution in [0, 0.1) is 6.92 Å². The average molecular weight is 438 g/mol. The number of methoxy groups -OCH3 is 1. The summed E-state index contributed by atoms with van der Waals surface area (Å²) in [5.41, 5.74) is 2.22. The van der Waals surface area contributed by atoms with Crippen molar-refractivity contribution < 1.29 is 9.47 Å². The van der Waals surface area contributed by atoms with Crippen LogP contribution in [-0.2, 0) is 6.42 Å². The van der Waals surface area contributed by atoms with Gasteiger partial charge in [-0.25, -0.2) is 0 Å². The zero-order valence-electron chi connectivity index (χ0n) is 18.7. The highest BCUT2D eigenvalue weighted by atomic mass is 32.1. The van der Waals surface area contributed by atoms with E-state index in [0.29, 0.717) is 6.61 Å². The van der Waals surface area contributed by atoms with Gasteiger partial charge in [-0.15, -0.1) is 10.2 Å². The van der Waals surface area contributed by atoms with Crippen LogP contribution in [0.3, 0.4) is 0 Å². The van der Waals surface area contributed by atoms with E-state index in [9.17, 15) is 0 Å². The molecule has 0 saturated carbocycles. The highest BCUT2D eigenvalue weighted by Crippen LogP contribution is 2.23. The molecule has 0 atom stereocenters. The minimum atomic E-state index is -0.0326.